The van der Waals surface area contributed by atoms with E-state index in [1.165, 1.54) is 32.1 Å². The van der Waals surface area contributed by atoms with E-state index >= 15 is 0 Å². The number of rotatable bonds is 1. The second-order valence-corrected chi connectivity index (χ2v) is 6.71. The van der Waals surface area contributed by atoms with E-state index in [1.807, 2.05) is 0 Å². The van der Waals surface area contributed by atoms with Crippen LogP contribution in [-0.2, 0) is 0 Å². The summed E-state index contributed by atoms with van der Waals surface area (Å²) in [4.78, 5) is 0. The van der Waals surface area contributed by atoms with Crippen LogP contribution in [0.2, 0.25) is 0 Å². The summed E-state index contributed by atoms with van der Waals surface area (Å²) in [6.07, 6.45) is 7.55. The third-order valence-electron chi connectivity index (χ3n) is 5.31. The molecule has 0 spiro atoms. The van der Waals surface area contributed by atoms with Gasteiger partial charge in [0.25, 0.3) is 0 Å². The van der Waals surface area contributed by atoms with Crippen molar-refractivity contribution in [1.29, 1.82) is 0 Å². The van der Waals surface area contributed by atoms with Gasteiger partial charge in [-0.05, 0) is 54.8 Å². The highest BCUT2D eigenvalue weighted by Gasteiger charge is 2.41. The average Bonchev–Trinajstić information content (AvgIpc) is 2.17. The van der Waals surface area contributed by atoms with E-state index in [9.17, 15) is 0 Å². The normalized spacial score (nSPS) is 46.6. The molecule has 0 aromatic heterocycles. The zero-order chi connectivity index (χ0) is 11.0. The van der Waals surface area contributed by atoms with Crippen molar-refractivity contribution in [2.45, 2.75) is 59.8 Å². The van der Waals surface area contributed by atoms with Crippen LogP contribution in [0.15, 0.2) is 0 Å². The number of hydrogen-bond donors (Lipinski definition) is 0. The van der Waals surface area contributed by atoms with Crippen LogP contribution in [0, 0.1) is 35.5 Å². The predicted molar refractivity (Wildman–Crippen MR) is 66.7 cm³/mol. The first-order chi connectivity index (χ1) is 7.09. The zero-order valence-corrected chi connectivity index (χ0v) is 11.0. The second-order valence-electron chi connectivity index (χ2n) is 6.71. The van der Waals surface area contributed by atoms with Crippen molar-refractivity contribution in [2.24, 2.45) is 35.5 Å². The minimum atomic E-state index is 0.912. The quantitative estimate of drug-likeness (QED) is 0.584. The molecule has 0 radical (unpaired) electrons. The lowest BCUT2D eigenvalue weighted by molar-refractivity contribution is 0.0182. The first-order valence-electron chi connectivity index (χ1n) is 7.09. The van der Waals surface area contributed by atoms with E-state index in [0.29, 0.717) is 0 Å². The predicted octanol–water partition coefficient (Wildman–Crippen LogP) is 4.74. The second kappa shape index (κ2) is 4.47. The fourth-order valence-electron chi connectivity index (χ4n) is 4.36. The lowest BCUT2D eigenvalue weighted by Gasteiger charge is -2.48. The van der Waals surface area contributed by atoms with Crippen LogP contribution >= 0.6 is 0 Å². The van der Waals surface area contributed by atoms with Gasteiger partial charge in [0.2, 0.25) is 0 Å². The Morgan fingerprint density at radius 3 is 2.27 bits per heavy atom. The molecule has 2 saturated carbocycles. The molecule has 0 amide bonds. The Kier molecular flexibility index (Phi) is 3.42. The molecule has 2 aliphatic rings. The fourth-order valence-corrected chi connectivity index (χ4v) is 4.36. The van der Waals surface area contributed by atoms with E-state index in [1.54, 1.807) is 0 Å². The zero-order valence-electron chi connectivity index (χ0n) is 11.0. The molecule has 2 aliphatic carbocycles. The van der Waals surface area contributed by atoms with Crippen molar-refractivity contribution < 1.29 is 0 Å². The van der Waals surface area contributed by atoms with Crippen molar-refractivity contribution >= 4 is 0 Å². The standard InChI is InChI=1S/C15H28/c1-10(2)13-8-6-12(4)14-7-5-11(3)9-15(13)14/h10-15H,5-9H2,1-4H3. The molecule has 0 aromatic carbocycles. The van der Waals surface area contributed by atoms with Gasteiger partial charge in [0.05, 0.1) is 0 Å². The van der Waals surface area contributed by atoms with Gasteiger partial charge in [-0.15, -0.1) is 0 Å². The Balaban J connectivity index is 2.10. The molecule has 0 N–H and O–H groups in total. The molecule has 88 valence electrons. The van der Waals surface area contributed by atoms with Crippen LogP contribution in [0.25, 0.3) is 0 Å². The van der Waals surface area contributed by atoms with Gasteiger partial charge in [-0.3, -0.25) is 0 Å². The largest absolute Gasteiger partial charge is 0.0625 e. The van der Waals surface area contributed by atoms with Crippen LogP contribution in [0.3, 0.4) is 0 Å². The van der Waals surface area contributed by atoms with E-state index in [-0.39, 0.29) is 0 Å². The first-order valence-corrected chi connectivity index (χ1v) is 7.09. The van der Waals surface area contributed by atoms with Crippen LogP contribution in [0.5, 0.6) is 0 Å². The van der Waals surface area contributed by atoms with E-state index in [4.69, 9.17) is 0 Å². The van der Waals surface area contributed by atoms with Gasteiger partial charge in [-0.25, -0.2) is 0 Å². The summed E-state index contributed by atoms with van der Waals surface area (Å²) in [6, 6.07) is 0. The Morgan fingerprint density at radius 1 is 0.867 bits per heavy atom. The molecule has 15 heavy (non-hydrogen) atoms. The van der Waals surface area contributed by atoms with Crippen LogP contribution in [0.1, 0.15) is 59.8 Å². The summed E-state index contributed by atoms with van der Waals surface area (Å²) in [7, 11) is 0. The highest BCUT2D eigenvalue weighted by Crippen LogP contribution is 2.50. The van der Waals surface area contributed by atoms with Crippen LogP contribution in [0.4, 0.5) is 0 Å². The van der Waals surface area contributed by atoms with Gasteiger partial charge in [0.1, 0.15) is 0 Å². The smallest absolute Gasteiger partial charge is 0.0350 e. The molecule has 0 bridgehead atoms. The van der Waals surface area contributed by atoms with Crippen molar-refractivity contribution in [2.75, 3.05) is 0 Å². The van der Waals surface area contributed by atoms with Crippen molar-refractivity contribution in [3.05, 3.63) is 0 Å². The summed E-state index contributed by atoms with van der Waals surface area (Å²) in [6.45, 7) is 9.85. The van der Waals surface area contributed by atoms with Crippen LogP contribution in [-0.4, -0.2) is 0 Å². The molecule has 5 atom stereocenters. The fraction of sp³-hybridized carbons (Fsp3) is 1.00. The maximum atomic E-state index is 2.50. The summed E-state index contributed by atoms with van der Waals surface area (Å²) in [5.74, 6) is 6.10. The maximum absolute atomic E-state index is 2.50. The Hall–Kier alpha value is 0. The van der Waals surface area contributed by atoms with Gasteiger partial charge in [0, 0.05) is 0 Å². The molecule has 0 heterocycles. The van der Waals surface area contributed by atoms with Gasteiger partial charge in [-0.1, -0.05) is 40.5 Å². The van der Waals surface area contributed by atoms with Gasteiger partial charge in [0.15, 0.2) is 0 Å². The molecule has 5 unspecified atom stereocenters. The minimum absolute atomic E-state index is 0.912. The topological polar surface area (TPSA) is 0 Å². The summed E-state index contributed by atoms with van der Waals surface area (Å²) < 4.78 is 0. The summed E-state index contributed by atoms with van der Waals surface area (Å²) >= 11 is 0. The monoisotopic (exact) mass is 208 g/mol. The molecule has 2 fully saturated rings. The SMILES string of the molecule is CC1CCC2C(C)CCC(C(C)C)C2C1. The van der Waals surface area contributed by atoms with Crippen LogP contribution < -0.4 is 0 Å². The lowest BCUT2D eigenvalue weighted by Crippen LogP contribution is -2.39. The van der Waals surface area contributed by atoms with Crippen molar-refractivity contribution in [3.8, 4) is 0 Å². The molecule has 0 heteroatoms. The number of hydrogen-bond acceptors (Lipinski definition) is 0. The van der Waals surface area contributed by atoms with Gasteiger partial charge in [-0.2, -0.15) is 0 Å². The van der Waals surface area contributed by atoms with Crippen molar-refractivity contribution in [1.82, 2.24) is 0 Å². The Bertz CT molecular complexity index is 202. The Morgan fingerprint density at radius 2 is 1.60 bits per heavy atom. The van der Waals surface area contributed by atoms with E-state index in [2.05, 4.69) is 27.7 Å². The Labute approximate surface area is 95.8 Å². The average molecular weight is 208 g/mol. The highest BCUT2D eigenvalue weighted by molar-refractivity contribution is 4.90. The van der Waals surface area contributed by atoms with E-state index < -0.39 is 0 Å². The summed E-state index contributed by atoms with van der Waals surface area (Å²) in [5.41, 5.74) is 0. The molecule has 0 nitrogen and oxygen atoms in total. The van der Waals surface area contributed by atoms with Gasteiger partial charge < -0.3 is 0 Å². The highest BCUT2D eigenvalue weighted by atomic mass is 14.5. The lowest BCUT2D eigenvalue weighted by atomic mass is 9.57. The number of fused-ring (bicyclic) bond motifs is 1. The van der Waals surface area contributed by atoms with Crippen molar-refractivity contribution in [3.63, 3.8) is 0 Å². The molecule has 2 rings (SSSR count). The molecule has 0 saturated heterocycles. The molecule has 0 aromatic rings. The third kappa shape index (κ3) is 2.24. The molecular formula is C15H28. The first kappa shape index (κ1) is 11.5. The maximum Gasteiger partial charge on any atom is -0.0350 e. The van der Waals surface area contributed by atoms with E-state index in [0.717, 1.165) is 35.5 Å². The minimum Gasteiger partial charge on any atom is -0.0625 e. The molecular weight excluding hydrogens is 180 g/mol. The third-order valence-corrected chi connectivity index (χ3v) is 5.31. The molecule has 0 aliphatic heterocycles. The van der Waals surface area contributed by atoms with Gasteiger partial charge >= 0.3 is 0 Å². The summed E-state index contributed by atoms with van der Waals surface area (Å²) in [5, 5.41) is 0.